The average molecular weight is 250 g/mol. The van der Waals surface area contributed by atoms with Gasteiger partial charge in [-0.05, 0) is 25.7 Å². The van der Waals surface area contributed by atoms with E-state index in [0.717, 1.165) is 12.5 Å². The minimum absolute atomic E-state index is 0.471. The second-order valence-corrected chi connectivity index (χ2v) is 4.76. The van der Waals surface area contributed by atoms with Crippen LogP contribution >= 0.6 is 0 Å². The van der Waals surface area contributed by atoms with E-state index in [9.17, 15) is 0 Å². The Morgan fingerprint density at radius 3 is 2.83 bits per heavy atom. The largest absolute Gasteiger partial charge is 0.476 e. The van der Waals surface area contributed by atoms with Gasteiger partial charge in [0.05, 0.1) is 6.61 Å². The second kappa shape index (κ2) is 6.42. The molecule has 0 atom stereocenters. The van der Waals surface area contributed by atoms with Crippen molar-refractivity contribution in [3.8, 4) is 5.88 Å². The summed E-state index contributed by atoms with van der Waals surface area (Å²) < 4.78 is 5.35. The Bertz CT molecular complexity index is 377. The summed E-state index contributed by atoms with van der Waals surface area (Å²) in [7, 11) is 0. The van der Waals surface area contributed by atoms with Crippen molar-refractivity contribution in [2.45, 2.75) is 39.0 Å². The summed E-state index contributed by atoms with van der Waals surface area (Å²) in [5.74, 6) is 1.90. The van der Waals surface area contributed by atoms with Gasteiger partial charge in [-0.15, -0.1) is 0 Å². The van der Waals surface area contributed by atoms with Crippen molar-refractivity contribution in [3.63, 3.8) is 0 Å². The lowest BCUT2D eigenvalue weighted by atomic mass is 9.89. The zero-order valence-corrected chi connectivity index (χ0v) is 11.0. The van der Waals surface area contributed by atoms with Gasteiger partial charge in [0.1, 0.15) is 12.0 Å². The van der Waals surface area contributed by atoms with Gasteiger partial charge in [-0.25, -0.2) is 4.98 Å². The molecule has 1 fully saturated rings. The van der Waals surface area contributed by atoms with Crippen molar-refractivity contribution in [1.29, 1.82) is 0 Å². The van der Waals surface area contributed by atoms with Crippen molar-refractivity contribution in [1.82, 2.24) is 9.97 Å². The molecular formula is C13H22N4O. The van der Waals surface area contributed by atoms with Crippen LogP contribution < -0.4 is 15.8 Å². The number of hydrogen-bond donors (Lipinski definition) is 2. The van der Waals surface area contributed by atoms with Gasteiger partial charge in [0.2, 0.25) is 5.88 Å². The Hall–Kier alpha value is -1.52. The molecule has 1 aromatic rings. The number of nitrogens with two attached hydrogens (primary N) is 1. The molecule has 1 aliphatic carbocycles. The van der Waals surface area contributed by atoms with E-state index < -0.39 is 0 Å². The maximum atomic E-state index is 5.97. The monoisotopic (exact) mass is 250 g/mol. The first-order chi connectivity index (χ1) is 8.81. The molecule has 0 radical (unpaired) electrons. The van der Waals surface area contributed by atoms with Crippen molar-refractivity contribution in [3.05, 3.63) is 6.33 Å². The van der Waals surface area contributed by atoms with Gasteiger partial charge in [-0.3, -0.25) is 0 Å². The lowest BCUT2D eigenvalue weighted by Crippen LogP contribution is -2.18. The van der Waals surface area contributed by atoms with Crippen LogP contribution in [0.4, 0.5) is 11.5 Å². The van der Waals surface area contributed by atoms with Gasteiger partial charge in [0.15, 0.2) is 5.82 Å². The quantitative estimate of drug-likeness (QED) is 0.839. The molecule has 100 valence electrons. The maximum absolute atomic E-state index is 5.97. The minimum atomic E-state index is 0.471. The molecule has 5 nitrogen and oxygen atoms in total. The molecule has 18 heavy (non-hydrogen) atoms. The fourth-order valence-electron chi connectivity index (χ4n) is 2.40. The van der Waals surface area contributed by atoms with Gasteiger partial charge >= 0.3 is 0 Å². The zero-order chi connectivity index (χ0) is 12.8. The van der Waals surface area contributed by atoms with Crippen LogP contribution in [0, 0.1) is 5.92 Å². The number of rotatable bonds is 5. The van der Waals surface area contributed by atoms with E-state index >= 15 is 0 Å². The SMILES string of the molecule is CCOc1ncnc(NCC2CCCCC2)c1N. The van der Waals surface area contributed by atoms with Crippen molar-refractivity contribution in [2.75, 3.05) is 24.2 Å². The van der Waals surface area contributed by atoms with Crippen LogP contribution in [0.3, 0.4) is 0 Å². The summed E-state index contributed by atoms with van der Waals surface area (Å²) in [4.78, 5) is 8.20. The number of nitrogens with zero attached hydrogens (tertiary/aromatic N) is 2. The number of hydrogen-bond acceptors (Lipinski definition) is 5. The van der Waals surface area contributed by atoms with Crippen LogP contribution in [0.1, 0.15) is 39.0 Å². The Morgan fingerprint density at radius 1 is 1.33 bits per heavy atom. The van der Waals surface area contributed by atoms with E-state index in [0.29, 0.717) is 24.0 Å². The molecule has 0 aliphatic heterocycles. The molecule has 0 aromatic carbocycles. The molecule has 2 rings (SSSR count). The molecule has 0 amide bonds. The molecule has 5 heteroatoms. The van der Waals surface area contributed by atoms with Crippen LogP contribution in [0.5, 0.6) is 5.88 Å². The zero-order valence-electron chi connectivity index (χ0n) is 11.0. The van der Waals surface area contributed by atoms with Crippen LogP contribution in [0.15, 0.2) is 6.33 Å². The highest BCUT2D eigenvalue weighted by Gasteiger charge is 2.15. The number of aromatic nitrogens is 2. The summed E-state index contributed by atoms with van der Waals surface area (Å²) in [6.07, 6.45) is 8.16. The standard InChI is InChI=1S/C13H22N4O/c1-2-18-13-11(14)12(16-9-17-13)15-8-10-6-4-3-5-7-10/h9-10H,2-8,14H2,1H3,(H,15,16,17). The fraction of sp³-hybridized carbons (Fsp3) is 0.692. The van der Waals surface area contributed by atoms with E-state index in [1.165, 1.54) is 38.4 Å². The summed E-state index contributed by atoms with van der Waals surface area (Å²) in [6.45, 7) is 3.41. The molecule has 1 saturated carbocycles. The molecule has 3 N–H and O–H groups in total. The van der Waals surface area contributed by atoms with E-state index in [1.54, 1.807) is 0 Å². The van der Waals surface area contributed by atoms with Crippen LogP contribution in [0.25, 0.3) is 0 Å². The first kappa shape index (κ1) is 12.9. The lowest BCUT2D eigenvalue weighted by molar-refractivity contribution is 0.328. The number of anilines is 2. The first-order valence-corrected chi connectivity index (χ1v) is 6.78. The summed E-state index contributed by atoms with van der Waals surface area (Å²) in [5.41, 5.74) is 6.48. The summed E-state index contributed by atoms with van der Waals surface area (Å²) >= 11 is 0. The number of ether oxygens (including phenoxy) is 1. The van der Waals surface area contributed by atoms with E-state index in [-0.39, 0.29) is 0 Å². The summed E-state index contributed by atoms with van der Waals surface area (Å²) in [5, 5.41) is 3.33. The van der Waals surface area contributed by atoms with Gasteiger partial charge in [-0.1, -0.05) is 19.3 Å². The highest BCUT2D eigenvalue weighted by molar-refractivity contribution is 5.66. The molecule has 0 bridgehead atoms. The van der Waals surface area contributed by atoms with Crippen LogP contribution in [-0.4, -0.2) is 23.1 Å². The topological polar surface area (TPSA) is 73.1 Å². The maximum Gasteiger partial charge on any atom is 0.242 e. The van der Waals surface area contributed by atoms with E-state index in [2.05, 4.69) is 15.3 Å². The van der Waals surface area contributed by atoms with Gasteiger partial charge in [-0.2, -0.15) is 4.98 Å². The number of nitrogen functional groups attached to an aromatic ring is 1. The van der Waals surface area contributed by atoms with E-state index in [1.807, 2.05) is 6.92 Å². The molecule has 0 saturated heterocycles. The van der Waals surface area contributed by atoms with Crippen LogP contribution in [-0.2, 0) is 0 Å². The first-order valence-electron chi connectivity index (χ1n) is 6.78. The van der Waals surface area contributed by atoms with Crippen LogP contribution in [0.2, 0.25) is 0 Å². The third kappa shape index (κ3) is 3.24. The van der Waals surface area contributed by atoms with Gasteiger partial charge in [0, 0.05) is 6.54 Å². The third-order valence-corrected chi connectivity index (χ3v) is 3.41. The Morgan fingerprint density at radius 2 is 2.11 bits per heavy atom. The van der Waals surface area contributed by atoms with Crippen molar-refractivity contribution < 1.29 is 4.74 Å². The van der Waals surface area contributed by atoms with E-state index in [4.69, 9.17) is 10.5 Å². The molecule has 1 aliphatic rings. The fourth-order valence-corrected chi connectivity index (χ4v) is 2.40. The highest BCUT2D eigenvalue weighted by atomic mass is 16.5. The van der Waals surface area contributed by atoms with Gasteiger partial charge < -0.3 is 15.8 Å². The predicted molar refractivity (Wildman–Crippen MR) is 72.7 cm³/mol. The Labute approximate surface area is 108 Å². The molecule has 1 aromatic heterocycles. The minimum Gasteiger partial charge on any atom is -0.476 e. The molecule has 0 unspecified atom stereocenters. The molecular weight excluding hydrogens is 228 g/mol. The highest BCUT2D eigenvalue weighted by Crippen LogP contribution is 2.27. The summed E-state index contributed by atoms with van der Waals surface area (Å²) in [6, 6.07) is 0. The van der Waals surface area contributed by atoms with Gasteiger partial charge in [0.25, 0.3) is 0 Å². The third-order valence-electron chi connectivity index (χ3n) is 3.41. The Kier molecular flexibility index (Phi) is 4.61. The lowest BCUT2D eigenvalue weighted by Gasteiger charge is -2.22. The average Bonchev–Trinajstić information content (AvgIpc) is 2.41. The smallest absolute Gasteiger partial charge is 0.242 e. The van der Waals surface area contributed by atoms with Crippen molar-refractivity contribution in [2.24, 2.45) is 5.92 Å². The normalized spacial score (nSPS) is 16.5. The second-order valence-electron chi connectivity index (χ2n) is 4.76. The number of nitrogens with one attached hydrogen (secondary N) is 1. The predicted octanol–water partition coefficient (Wildman–Crippen LogP) is 2.45. The molecule has 1 heterocycles. The van der Waals surface area contributed by atoms with Crippen molar-refractivity contribution >= 4 is 11.5 Å². The Balaban J connectivity index is 1.93. The molecule has 0 spiro atoms.